The van der Waals surface area contributed by atoms with E-state index < -0.39 is 0 Å². The molecule has 0 N–H and O–H groups in total. The average molecular weight is 434 g/mol. The van der Waals surface area contributed by atoms with Crippen LogP contribution in [0, 0.1) is 3.95 Å². The number of para-hydroxylation sites is 1. The number of carbonyl (C=O) groups excluding carboxylic acids is 1. The number of halogens is 1. The van der Waals surface area contributed by atoms with E-state index in [-0.39, 0.29) is 11.2 Å². The predicted octanol–water partition coefficient (Wildman–Crippen LogP) is 5.39. The molecule has 1 aromatic heterocycles. The first-order valence-electron chi connectivity index (χ1n) is 8.45. The number of fused-ring (bicyclic) bond motifs is 1. The van der Waals surface area contributed by atoms with E-state index in [1.165, 1.54) is 28.7 Å². The quantitative estimate of drug-likeness (QED) is 0.408. The second-order valence-electron chi connectivity index (χ2n) is 6.15. The largest absolute Gasteiger partial charge is 0.311 e. The van der Waals surface area contributed by atoms with Crippen molar-refractivity contribution in [1.29, 1.82) is 0 Å². The van der Waals surface area contributed by atoms with Gasteiger partial charge in [-0.1, -0.05) is 52.9 Å². The van der Waals surface area contributed by atoms with Crippen molar-refractivity contribution >= 4 is 58.5 Å². The first kappa shape index (κ1) is 18.7. The predicted molar refractivity (Wildman–Crippen MR) is 115 cm³/mol. The van der Waals surface area contributed by atoms with Crippen molar-refractivity contribution in [3.63, 3.8) is 0 Å². The van der Waals surface area contributed by atoms with Crippen LogP contribution in [0.2, 0.25) is 5.02 Å². The summed E-state index contributed by atoms with van der Waals surface area (Å²) in [5.74, 6) is 0.101. The third-order valence-corrected chi connectivity index (χ3v) is 7.03. The minimum absolute atomic E-state index is 0.101. The number of aromatic nitrogens is 2. The van der Waals surface area contributed by atoms with E-state index in [4.69, 9.17) is 23.8 Å². The number of hydrogen-bond donors (Lipinski definition) is 0. The fourth-order valence-corrected chi connectivity index (χ4v) is 5.74. The number of anilines is 1. The zero-order valence-corrected chi connectivity index (χ0v) is 17.7. The standard InChI is InChI=1S/C19H16ClN3OS3/c1-12(17(24)22-11-10-13-4-2-3-5-16(13)22)26-18-21-23(19(25)27-18)15-8-6-14(20)7-9-15/h2-9,12H,10-11H2,1H3. The summed E-state index contributed by atoms with van der Waals surface area (Å²) in [6, 6.07) is 15.5. The van der Waals surface area contributed by atoms with Crippen molar-refractivity contribution in [3.8, 4) is 5.69 Å². The highest BCUT2D eigenvalue weighted by Crippen LogP contribution is 2.33. The van der Waals surface area contributed by atoms with Gasteiger partial charge in [0, 0.05) is 17.3 Å². The molecule has 1 aliphatic rings. The van der Waals surface area contributed by atoms with Crippen molar-refractivity contribution in [2.45, 2.75) is 22.9 Å². The Hall–Kier alpha value is -1.67. The van der Waals surface area contributed by atoms with Crippen LogP contribution in [0.3, 0.4) is 0 Å². The third kappa shape index (κ3) is 3.82. The van der Waals surface area contributed by atoms with Crippen molar-refractivity contribution in [2.24, 2.45) is 0 Å². The minimum Gasteiger partial charge on any atom is -0.311 e. The lowest BCUT2D eigenvalue weighted by Gasteiger charge is -2.20. The summed E-state index contributed by atoms with van der Waals surface area (Å²) >= 11 is 14.3. The molecule has 1 aliphatic heterocycles. The van der Waals surface area contributed by atoms with Gasteiger partial charge in [0.05, 0.1) is 10.9 Å². The highest BCUT2D eigenvalue weighted by Gasteiger charge is 2.28. The Bertz CT molecular complexity index is 1040. The van der Waals surface area contributed by atoms with E-state index in [2.05, 4.69) is 11.2 Å². The molecule has 2 aromatic carbocycles. The number of carbonyl (C=O) groups is 1. The number of benzene rings is 2. The Labute approximate surface area is 175 Å². The Balaban J connectivity index is 1.51. The number of hydrogen-bond acceptors (Lipinski definition) is 5. The van der Waals surface area contributed by atoms with Gasteiger partial charge in [0.15, 0.2) is 8.29 Å². The molecular weight excluding hydrogens is 418 g/mol. The highest BCUT2D eigenvalue weighted by molar-refractivity contribution is 8.02. The second-order valence-corrected chi connectivity index (χ2v) is 9.80. The Morgan fingerprint density at radius 1 is 1.26 bits per heavy atom. The van der Waals surface area contributed by atoms with Crippen molar-refractivity contribution < 1.29 is 4.79 Å². The molecule has 27 heavy (non-hydrogen) atoms. The normalized spacial score (nSPS) is 14.2. The summed E-state index contributed by atoms with van der Waals surface area (Å²) < 4.78 is 3.13. The van der Waals surface area contributed by atoms with E-state index in [0.29, 0.717) is 8.98 Å². The third-order valence-electron chi connectivity index (χ3n) is 4.38. The van der Waals surface area contributed by atoms with Gasteiger partial charge in [-0.3, -0.25) is 4.79 Å². The van der Waals surface area contributed by atoms with Crippen LogP contribution in [0.1, 0.15) is 12.5 Å². The molecule has 0 saturated heterocycles. The molecule has 0 bridgehead atoms. The van der Waals surface area contributed by atoms with E-state index in [0.717, 1.165) is 28.7 Å². The maximum absolute atomic E-state index is 12.9. The fourth-order valence-electron chi connectivity index (χ4n) is 3.04. The minimum atomic E-state index is -0.240. The zero-order chi connectivity index (χ0) is 19.0. The van der Waals surface area contributed by atoms with E-state index in [1.54, 1.807) is 4.68 Å². The van der Waals surface area contributed by atoms with Crippen LogP contribution in [0.5, 0.6) is 0 Å². The van der Waals surface area contributed by atoms with E-state index in [1.807, 2.05) is 54.3 Å². The molecule has 0 radical (unpaired) electrons. The van der Waals surface area contributed by atoms with Crippen molar-refractivity contribution in [1.82, 2.24) is 9.78 Å². The van der Waals surface area contributed by atoms with Gasteiger partial charge >= 0.3 is 0 Å². The molecule has 1 unspecified atom stereocenters. The van der Waals surface area contributed by atoms with Gasteiger partial charge in [-0.25, -0.2) is 4.68 Å². The van der Waals surface area contributed by atoms with Gasteiger partial charge in [0.25, 0.3) is 0 Å². The summed E-state index contributed by atoms with van der Waals surface area (Å²) in [5, 5.41) is 5.01. The lowest BCUT2D eigenvalue weighted by molar-refractivity contribution is -0.117. The zero-order valence-electron chi connectivity index (χ0n) is 14.5. The summed E-state index contributed by atoms with van der Waals surface area (Å²) in [7, 11) is 0. The molecule has 3 aromatic rings. The summed E-state index contributed by atoms with van der Waals surface area (Å²) in [6.45, 7) is 2.66. The van der Waals surface area contributed by atoms with Gasteiger partial charge in [0.1, 0.15) is 0 Å². The molecule has 0 spiro atoms. The molecule has 138 valence electrons. The van der Waals surface area contributed by atoms with E-state index in [9.17, 15) is 4.79 Å². The first-order valence-corrected chi connectivity index (χ1v) is 10.9. The smallest absolute Gasteiger partial charge is 0.240 e. The van der Waals surface area contributed by atoms with Crippen LogP contribution in [-0.2, 0) is 11.2 Å². The summed E-state index contributed by atoms with van der Waals surface area (Å²) in [4.78, 5) is 14.8. The van der Waals surface area contributed by atoms with Gasteiger partial charge < -0.3 is 4.90 Å². The van der Waals surface area contributed by atoms with Crippen molar-refractivity contribution in [3.05, 3.63) is 63.1 Å². The number of nitrogens with zero attached hydrogens (tertiary/aromatic N) is 3. The van der Waals surface area contributed by atoms with Crippen LogP contribution in [-0.4, -0.2) is 27.5 Å². The topological polar surface area (TPSA) is 38.1 Å². The number of rotatable bonds is 4. The molecule has 8 heteroatoms. The molecule has 2 heterocycles. The van der Waals surface area contributed by atoms with Crippen LogP contribution < -0.4 is 4.90 Å². The fraction of sp³-hybridized carbons (Fsp3) is 0.211. The second kappa shape index (κ2) is 7.75. The maximum atomic E-state index is 12.9. The van der Waals surface area contributed by atoms with Gasteiger partial charge in [-0.15, -0.1) is 5.10 Å². The molecule has 1 atom stereocenters. The molecule has 4 rings (SSSR count). The summed E-state index contributed by atoms with van der Waals surface area (Å²) in [5.41, 5.74) is 3.11. The van der Waals surface area contributed by atoms with Crippen LogP contribution in [0.25, 0.3) is 5.69 Å². The molecule has 4 nitrogen and oxygen atoms in total. The van der Waals surface area contributed by atoms with Gasteiger partial charge in [-0.05, 0) is 61.5 Å². The van der Waals surface area contributed by atoms with Gasteiger partial charge in [0.2, 0.25) is 5.91 Å². The number of amides is 1. The molecule has 0 saturated carbocycles. The van der Waals surface area contributed by atoms with Crippen LogP contribution in [0.15, 0.2) is 52.9 Å². The lowest BCUT2D eigenvalue weighted by Crippen LogP contribution is -2.35. The SMILES string of the molecule is CC(Sc1nn(-c2ccc(Cl)cc2)c(=S)s1)C(=O)N1CCc2ccccc21. The Morgan fingerprint density at radius 2 is 2.00 bits per heavy atom. The molecule has 0 aliphatic carbocycles. The molecule has 0 fully saturated rings. The maximum Gasteiger partial charge on any atom is 0.240 e. The van der Waals surface area contributed by atoms with Crippen molar-refractivity contribution in [2.75, 3.05) is 11.4 Å². The molecular formula is C19H16ClN3OS3. The van der Waals surface area contributed by atoms with Gasteiger partial charge in [-0.2, -0.15) is 0 Å². The van der Waals surface area contributed by atoms with Crippen LogP contribution in [0.4, 0.5) is 5.69 Å². The highest BCUT2D eigenvalue weighted by atomic mass is 35.5. The number of thioether (sulfide) groups is 1. The summed E-state index contributed by atoms with van der Waals surface area (Å²) in [6.07, 6.45) is 0.906. The monoisotopic (exact) mass is 433 g/mol. The lowest BCUT2D eigenvalue weighted by atomic mass is 10.2. The van der Waals surface area contributed by atoms with Crippen LogP contribution >= 0.6 is 46.9 Å². The Morgan fingerprint density at radius 3 is 2.78 bits per heavy atom. The Kier molecular flexibility index (Phi) is 5.36. The molecule has 1 amide bonds. The first-order chi connectivity index (χ1) is 13.0. The average Bonchev–Trinajstić information content (AvgIpc) is 3.25. The van der Waals surface area contributed by atoms with E-state index >= 15 is 0 Å².